The van der Waals surface area contributed by atoms with E-state index in [2.05, 4.69) is 55.5 Å². The highest BCUT2D eigenvalue weighted by atomic mass is 32.2. The average molecular weight is 1390 g/mol. The molecule has 93 heavy (non-hydrogen) atoms. The second kappa shape index (κ2) is 25.2. The standard InChI is InChI=1S/C27H24N4O2.C21H17F3N4O4S.C20H18N4O2.CH4.20H2/c1-16-21-9-8-20-23(18-6-4-17(15-32)5-7-18)30-26(19-10-12-29-13-11-19)31-25(20)27(21,2)14-22(28-3)24(16)33;1-11-14-5-4-13-17(20(14,2)10-15(25-3)16(11)29)27-18(12-6-8-26-9-7-12)28-19(13)32-33(30,31)21(22,23)24;1-11-14-5-4-13-17(20(14,2)10-15(21-3)16(11)25)23-18(24-19(13)26)12-6-8-22-9-7-12;;;;;;;;;;;;;;;;;;;;;/h4-7,10-14,16,21,32H,8-9,15H2,1-2H3;6-11,14H,4-5H2,1-2H3;6-11,14H,4-5H2,1-2H3,(H,23,24,26);1H4;20*1H/t16-,21-,27-;2*11-,14-,20-;;;;;;;;;;;;;;;;;;;;;/m111...................../s1/i;;;;18*1+2T;2*1+2. The highest BCUT2D eigenvalue weighted by Crippen LogP contribution is 2.54. The highest BCUT2D eigenvalue weighted by molar-refractivity contribution is 7.88. The number of ketones is 3. The van der Waals surface area contributed by atoms with Gasteiger partial charge in [-0.3, -0.25) is 19.7 Å². The van der Waals surface area contributed by atoms with Crippen molar-refractivity contribution in [1.82, 2.24) is 44.9 Å². The lowest BCUT2D eigenvalue weighted by Gasteiger charge is -2.46. The van der Waals surface area contributed by atoms with Gasteiger partial charge in [0.2, 0.25) is 23.0 Å². The Bertz CT molecular complexity index is 4700. The number of halogens is 3. The second-order valence-electron chi connectivity index (χ2n) is 24.4. The molecule has 0 amide bonds. The molecular weight excluding hydrogens is 1210 g/mol. The van der Waals surface area contributed by atoms with Crippen LogP contribution in [0.5, 0.6) is 5.88 Å². The zero-order chi connectivity index (χ0) is 102. The summed E-state index contributed by atoms with van der Waals surface area (Å²) in [4.78, 5) is 99.0. The number of alkyl halides is 3. The van der Waals surface area contributed by atoms with Crippen molar-refractivity contribution in [3.63, 3.8) is 0 Å². The number of carbonyl (C=O) groups is 3. The first kappa shape index (κ1) is 46.0. The second-order valence-corrected chi connectivity index (χ2v) is 25.9. The molecule has 0 saturated heterocycles. The van der Waals surface area contributed by atoms with E-state index in [1.807, 2.05) is 63.2 Å². The molecule has 0 bridgehead atoms. The van der Waals surface area contributed by atoms with E-state index in [-0.39, 0.29) is 110 Å². The van der Waals surface area contributed by atoms with E-state index in [0.29, 0.717) is 41.3 Å². The molecular formula is C69H103F3N12O8S. The lowest BCUT2D eigenvalue weighted by molar-refractivity contribution is -0.122. The van der Waals surface area contributed by atoms with Gasteiger partial charge in [-0.25, -0.2) is 34.5 Å². The maximum Gasteiger partial charge on any atom is 0.534 e. The first-order valence-corrected chi connectivity index (χ1v) is 31.0. The van der Waals surface area contributed by atoms with Crippen molar-refractivity contribution < 1.29 is 102 Å². The van der Waals surface area contributed by atoms with Crippen LogP contribution in [0.2, 0.25) is 0 Å². The summed E-state index contributed by atoms with van der Waals surface area (Å²) in [7, 11) is -5.99. The van der Waals surface area contributed by atoms with Crippen LogP contribution in [0.15, 0.2) is 138 Å². The minimum Gasteiger partial charge on any atom is -0.392 e. The summed E-state index contributed by atoms with van der Waals surface area (Å²) in [5, 5.41) is 9.45. The minimum absolute atomic E-state index is 0. The lowest BCUT2D eigenvalue weighted by atomic mass is 9.58. The number of rotatable bonds is 7. The Labute approximate surface area is 593 Å². The third-order valence-corrected chi connectivity index (χ3v) is 20.1. The number of nitrogens with zero attached hydrogens (tertiary/aromatic N) is 11. The normalized spacial score (nSPS) is 26.4. The van der Waals surface area contributed by atoms with Gasteiger partial charge in [-0.1, -0.05) is 91.5 Å². The number of hydrogen-bond acceptors (Lipinski definition) is 16. The Morgan fingerprint density at radius 2 is 0.968 bits per heavy atom. The molecule has 514 valence electrons. The Hall–Kier alpha value is -10.1. The summed E-state index contributed by atoms with van der Waals surface area (Å²) in [6, 6.07) is 18.1. The molecule has 9 atom stereocenters. The molecule has 0 fully saturated rings. The van der Waals surface area contributed by atoms with Crippen LogP contribution in [0.4, 0.5) is 13.2 Å². The van der Waals surface area contributed by atoms with Gasteiger partial charge < -0.3 is 28.7 Å². The smallest absolute Gasteiger partial charge is 0.392 e. The Kier molecular flexibility index (Phi) is 12.5. The average Bonchev–Trinajstić information content (AvgIpc) is 0.727. The first-order chi connectivity index (χ1) is 61.8. The number of benzene rings is 1. The SMILES string of the molecule is C.[3HH].[3HH].[3H][3H].[3H][3H].[3H][3H].[3H][3H].[3H][3H].[3H][3H].[3H][3H].[3H][3H].[3H][3H].[3H][3H].[3H][3H].[3H][3H].[3H][3H].[3H][3H].[3H][3H].[3H][3H].[3H][3H].[3H][3H].[C-]#[N+]C1=C[C@@]2(C)c3nc(-c4ccncc4)[nH]c(=O)c3CC[C@@H]2[C@@H](C)C1=O.[C-]#[N+]C1=C[C@@]2(C)c3nc(-c4ccncc4)nc(-c4ccc(CO)cc4)c3CC[C@@H]2[C@@H](C)C1=O.[C-]#[N+]C1=C[C@@]2(C)c3nc(-c4ccncc4)nc(OS(=O)(=O)C(F)(F)F)c3CC[C@@H]2[C@@H](C)C1=O. The van der Waals surface area contributed by atoms with Crippen molar-refractivity contribution in [3.8, 4) is 51.3 Å². The number of aromatic amines is 1. The van der Waals surface area contributed by atoms with E-state index in [9.17, 15) is 45.9 Å². The van der Waals surface area contributed by atoms with Gasteiger partial charge in [-0.05, 0) is 98.2 Å². The molecule has 2 N–H and O–H groups in total. The first-order valence-electron chi connectivity index (χ1n) is 47.6. The van der Waals surface area contributed by atoms with Crippen molar-refractivity contribution in [2.45, 2.75) is 116 Å². The summed E-state index contributed by atoms with van der Waals surface area (Å²) < 4.78 is 247. The predicted molar refractivity (Wildman–Crippen MR) is 379 cm³/mol. The van der Waals surface area contributed by atoms with Gasteiger partial charge in [-0.2, -0.15) is 26.6 Å². The van der Waals surface area contributed by atoms with Crippen LogP contribution >= 0.6 is 0 Å². The Morgan fingerprint density at radius 1 is 0.581 bits per heavy atom. The minimum atomic E-state index is -5.99. The van der Waals surface area contributed by atoms with E-state index >= 15 is 0 Å². The molecule has 24 heteroatoms. The number of fused-ring (bicyclic) bond motifs is 9. The highest BCUT2D eigenvalue weighted by Gasteiger charge is 2.54. The van der Waals surface area contributed by atoms with Gasteiger partial charge in [-0.15, -0.1) is 0 Å². The van der Waals surface area contributed by atoms with Crippen LogP contribution < -0.4 is 9.74 Å². The lowest BCUT2D eigenvalue weighted by Crippen LogP contribution is -2.47. The van der Waals surface area contributed by atoms with Gasteiger partial charge in [0, 0.05) is 166 Å². The molecule has 0 aliphatic heterocycles. The number of allylic oxidation sites excluding steroid dienone is 6. The Morgan fingerprint density at radius 3 is 1.39 bits per heavy atom. The number of H-pyrrole nitrogens is 1. The molecule has 1 aromatic carbocycles. The number of pyridine rings is 3. The fourth-order valence-corrected chi connectivity index (χ4v) is 14.8. The number of aromatic nitrogens is 9. The molecule has 7 aromatic rings. The van der Waals surface area contributed by atoms with Crippen molar-refractivity contribution in [3.05, 3.63) is 217 Å². The summed E-state index contributed by atoms with van der Waals surface area (Å²) in [6.07, 6.45) is 18.0. The van der Waals surface area contributed by atoms with Crippen LogP contribution in [0, 0.1) is 55.2 Å². The van der Waals surface area contributed by atoms with Crippen LogP contribution in [0.1, 0.15) is 164 Å². The van der Waals surface area contributed by atoms with E-state index in [0.717, 1.165) is 58.5 Å². The van der Waals surface area contributed by atoms with Gasteiger partial charge in [0.05, 0.1) is 49.1 Å². The fourth-order valence-electron chi connectivity index (χ4n) is 14.3. The molecule has 0 unspecified atom stereocenters. The summed E-state index contributed by atoms with van der Waals surface area (Å²) >= 11 is 0. The monoisotopic (exact) mass is 1390 g/mol. The topological polar surface area (TPSA) is 264 Å². The Balaban J connectivity index is -0.000000155. The molecule has 6 heterocycles. The molecule has 6 aliphatic rings. The summed E-state index contributed by atoms with van der Waals surface area (Å²) in [5.74, 6) is -1.38. The third kappa shape index (κ3) is 11.6. The van der Waals surface area contributed by atoms with Crippen LogP contribution in [-0.4, -0.2) is 81.2 Å². The quantitative estimate of drug-likeness (QED) is 0.0853. The van der Waals surface area contributed by atoms with Crippen molar-refractivity contribution in [1.29, 1.82) is 0 Å². The number of Topliss-reactive ketones (excluding diaryl/α,β-unsaturated/α-hetero) is 3. The van der Waals surface area contributed by atoms with E-state index < -0.39 is 43.7 Å². The molecule has 6 aromatic heterocycles. The maximum absolute atomic E-state index is 13.1. The molecule has 0 radical (unpaired) electrons. The van der Waals surface area contributed by atoms with E-state index in [1.165, 1.54) is 30.6 Å². The summed E-state index contributed by atoms with van der Waals surface area (Å²) in [5.41, 5.74) is 0.595. The van der Waals surface area contributed by atoms with Gasteiger partial charge in [0.15, 0.2) is 29.0 Å². The van der Waals surface area contributed by atoms with Gasteiger partial charge in [0.1, 0.15) is 5.82 Å². The molecule has 13 rings (SSSR count). The summed E-state index contributed by atoms with van der Waals surface area (Å²) in [6.45, 7) is 33.6. The third-order valence-electron chi connectivity index (χ3n) is 19.1. The fraction of sp³-hybridized carbons (Fsp3) is 0.348. The van der Waals surface area contributed by atoms with Crippen LogP contribution in [-0.2, 0) is 66.6 Å². The number of carbonyl (C=O) groups excluding carboxylic acids is 3. The van der Waals surface area contributed by atoms with Gasteiger partial charge in [0.25, 0.3) is 5.56 Å². The number of nitrogens with one attached hydrogen (secondary N) is 1. The molecule has 6 aliphatic carbocycles. The largest absolute Gasteiger partial charge is 0.534 e. The van der Waals surface area contributed by atoms with Crippen molar-refractivity contribution in [2.75, 3.05) is 0 Å². The van der Waals surface area contributed by atoms with Crippen molar-refractivity contribution in [2.24, 2.45) is 35.5 Å². The molecule has 0 saturated carbocycles. The van der Waals surface area contributed by atoms with Crippen LogP contribution in [0.25, 0.3) is 60.0 Å². The zero-order valence-corrected chi connectivity index (χ0v) is 51.5. The number of aliphatic hydroxyl groups excluding tert-OH is 1. The van der Waals surface area contributed by atoms with E-state index in [4.69, 9.17) is 88.1 Å². The van der Waals surface area contributed by atoms with Gasteiger partial charge >= 0.3 is 15.6 Å². The molecule has 20 nitrogen and oxygen atoms in total. The van der Waals surface area contributed by atoms with E-state index in [1.54, 1.807) is 56.8 Å². The van der Waals surface area contributed by atoms with Crippen molar-refractivity contribution >= 4 is 27.5 Å². The predicted octanol–water partition coefficient (Wildman–Crippen LogP) is 16.4. The molecule has 0 spiro atoms. The number of hydrogen-bond donors (Lipinski definition) is 2. The number of aliphatic hydroxyl groups is 1. The van der Waals surface area contributed by atoms with Crippen LogP contribution in [0.3, 0.4) is 0 Å². The maximum atomic E-state index is 13.1. The zero-order valence-electron chi connectivity index (χ0n) is 86.6.